The van der Waals surface area contributed by atoms with Crippen molar-refractivity contribution >= 4 is 15.9 Å². The molecule has 0 aliphatic carbocycles. The van der Waals surface area contributed by atoms with Crippen molar-refractivity contribution in [3.05, 3.63) is 70.8 Å². The van der Waals surface area contributed by atoms with Gasteiger partial charge < -0.3 is 0 Å². The number of hydrogen-bond donors (Lipinski definition) is 0. The van der Waals surface area contributed by atoms with E-state index >= 15 is 0 Å². The Hall–Kier alpha value is -1.22. The molecule has 0 saturated carbocycles. The van der Waals surface area contributed by atoms with Crippen molar-refractivity contribution in [1.82, 2.24) is 0 Å². The van der Waals surface area contributed by atoms with Crippen LogP contribution in [0, 0.1) is 11.6 Å². The topological polar surface area (TPSA) is 0 Å². The lowest BCUT2D eigenvalue weighted by atomic mass is 9.86. The van der Waals surface area contributed by atoms with Gasteiger partial charge in [-0.2, -0.15) is 0 Å². The molecule has 0 fully saturated rings. The minimum absolute atomic E-state index is 0.0391. The molecule has 0 nitrogen and oxygen atoms in total. The SMILES string of the molecule is CC(C)(C)c1ccc(C(Br)Cc2cccc(F)c2F)cc1. The molecule has 0 saturated heterocycles. The fourth-order valence-corrected chi connectivity index (χ4v) is 2.86. The summed E-state index contributed by atoms with van der Waals surface area (Å²) in [4.78, 5) is -0.0391. The first-order chi connectivity index (χ1) is 9.79. The van der Waals surface area contributed by atoms with Gasteiger partial charge in [0.25, 0.3) is 0 Å². The summed E-state index contributed by atoms with van der Waals surface area (Å²) in [6, 6.07) is 12.6. The Kier molecular flexibility index (Phi) is 4.82. The molecule has 0 amide bonds. The van der Waals surface area contributed by atoms with Crippen LogP contribution in [0.15, 0.2) is 42.5 Å². The minimum Gasteiger partial charge on any atom is -0.204 e. The lowest BCUT2D eigenvalue weighted by molar-refractivity contribution is 0.498. The Balaban J connectivity index is 2.17. The van der Waals surface area contributed by atoms with E-state index in [4.69, 9.17) is 0 Å². The average molecular weight is 353 g/mol. The molecule has 1 atom stereocenters. The summed E-state index contributed by atoms with van der Waals surface area (Å²) in [6.45, 7) is 6.49. The zero-order valence-electron chi connectivity index (χ0n) is 12.5. The van der Waals surface area contributed by atoms with Gasteiger partial charge in [0.1, 0.15) is 0 Å². The number of halogens is 3. The van der Waals surface area contributed by atoms with Gasteiger partial charge in [0.05, 0.1) is 0 Å². The smallest absolute Gasteiger partial charge is 0.162 e. The normalized spacial score (nSPS) is 13.2. The van der Waals surface area contributed by atoms with E-state index in [1.807, 2.05) is 12.1 Å². The molecule has 2 aromatic carbocycles. The van der Waals surface area contributed by atoms with Gasteiger partial charge >= 0.3 is 0 Å². The maximum atomic E-state index is 13.7. The number of alkyl halides is 1. The van der Waals surface area contributed by atoms with Gasteiger partial charge in [-0.3, -0.25) is 0 Å². The summed E-state index contributed by atoms with van der Waals surface area (Å²) in [5, 5.41) is 0. The monoisotopic (exact) mass is 352 g/mol. The number of rotatable bonds is 3. The quantitative estimate of drug-likeness (QED) is 0.599. The largest absolute Gasteiger partial charge is 0.204 e. The van der Waals surface area contributed by atoms with Crippen LogP contribution in [-0.4, -0.2) is 0 Å². The average Bonchev–Trinajstić information content (AvgIpc) is 2.43. The molecular formula is C18H19BrF2. The molecule has 0 N–H and O–H groups in total. The first-order valence-corrected chi connectivity index (χ1v) is 7.88. The van der Waals surface area contributed by atoms with E-state index in [0.29, 0.717) is 12.0 Å². The van der Waals surface area contributed by atoms with E-state index in [1.54, 1.807) is 6.07 Å². The van der Waals surface area contributed by atoms with Crippen molar-refractivity contribution in [1.29, 1.82) is 0 Å². The Labute approximate surface area is 133 Å². The third-order valence-electron chi connectivity index (χ3n) is 3.57. The second kappa shape index (κ2) is 6.27. The van der Waals surface area contributed by atoms with Crippen molar-refractivity contribution in [3.63, 3.8) is 0 Å². The second-order valence-electron chi connectivity index (χ2n) is 6.26. The van der Waals surface area contributed by atoms with Gasteiger partial charge in [-0.25, -0.2) is 8.78 Å². The number of hydrogen-bond acceptors (Lipinski definition) is 0. The second-order valence-corrected chi connectivity index (χ2v) is 7.36. The van der Waals surface area contributed by atoms with Crippen LogP contribution in [0.25, 0.3) is 0 Å². The lowest BCUT2D eigenvalue weighted by Crippen LogP contribution is -2.11. The molecule has 0 aromatic heterocycles. The van der Waals surface area contributed by atoms with Gasteiger partial charge in [-0.05, 0) is 34.6 Å². The molecule has 0 aliphatic rings. The lowest BCUT2D eigenvalue weighted by Gasteiger charge is -2.20. The molecule has 0 heterocycles. The summed E-state index contributed by atoms with van der Waals surface area (Å²) in [5.41, 5.74) is 2.81. The highest BCUT2D eigenvalue weighted by Gasteiger charge is 2.16. The zero-order chi connectivity index (χ0) is 15.6. The highest BCUT2D eigenvalue weighted by atomic mass is 79.9. The Morgan fingerprint density at radius 1 is 1.00 bits per heavy atom. The summed E-state index contributed by atoms with van der Waals surface area (Å²) in [6.07, 6.45) is 0.415. The van der Waals surface area contributed by atoms with E-state index in [-0.39, 0.29) is 10.2 Å². The first kappa shape index (κ1) is 16.2. The van der Waals surface area contributed by atoms with Crippen LogP contribution < -0.4 is 0 Å². The van der Waals surface area contributed by atoms with Crippen LogP contribution in [0.5, 0.6) is 0 Å². The summed E-state index contributed by atoms with van der Waals surface area (Å²) in [5.74, 6) is -1.55. The molecule has 0 bridgehead atoms. The fourth-order valence-electron chi connectivity index (χ4n) is 2.21. The Morgan fingerprint density at radius 2 is 1.62 bits per heavy atom. The predicted octanol–water partition coefficient (Wildman–Crippen LogP) is 5.94. The van der Waals surface area contributed by atoms with Gasteiger partial charge in [0, 0.05) is 4.83 Å². The van der Waals surface area contributed by atoms with Gasteiger partial charge in [0.15, 0.2) is 11.6 Å². The molecular weight excluding hydrogens is 334 g/mol. The van der Waals surface area contributed by atoms with E-state index in [9.17, 15) is 8.78 Å². The molecule has 0 aliphatic heterocycles. The molecule has 2 aromatic rings. The van der Waals surface area contributed by atoms with Crippen LogP contribution >= 0.6 is 15.9 Å². The maximum Gasteiger partial charge on any atom is 0.162 e. The Morgan fingerprint density at radius 3 is 2.19 bits per heavy atom. The van der Waals surface area contributed by atoms with Crippen molar-refractivity contribution in [2.75, 3.05) is 0 Å². The van der Waals surface area contributed by atoms with Crippen LogP contribution in [0.2, 0.25) is 0 Å². The number of benzene rings is 2. The standard InChI is InChI=1S/C18H19BrF2/c1-18(2,3)14-9-7-12(8-10-14)15(19)11-13-5-4-6-16(20)17(13)21/h4-10,15H,11H2,1-3H3. The fraction of sp³-hybridized carbons (Fsp3) is 0.333. The van der Waals surface area contributed by atoms with Crippen LogP contribution in [0.3, 0.4) is 0 Å². The van der Waals surface area contributed by atoms with Crippen molar-refractivity contribution in [2.45, 2.75) is 37.4 Å². The summed E-state index contributed by atoms with van der Waals surface area (Å²) >= 11 is 3.57. The first-order valence-electron chi connectivity index (χ1n) is 6.96. The third-order valence-corrected chi connectivity index (χ3v) is 4.42. The van der Waals surface area contributed by atoms with E-state index in [2.05, 4.69) is 48.8 Å². The van der Waals surface area contributed by atoms with E-state index in [1.165, 1.54) is 11.6 Å². The molecule has 0 radical (unpaired) electrons. The highest BCUT2D eigenvalue weighted by Crippen LogP contribution is 2.30. The molecule has 2 rings (SSSR count). The zero-order valence-corrected chi connectivity index (χ0v) is 14.0. The predicted molar refractivity (Wildman–Crippen MR) is 86.9 cm³/mol. The Bertz CT molecular complexity index is 612. The highest BCUT2D eigenvalue weighted by molar-refractivity contribution is 9.09. The van der Waals surface area contributed by atoms with E-state index in [0.717, 1.165) is 11.6 Å². The minimum atomic E-state index is -0.796. The molecule has 0 spiro atoms. The molecule has 21 heavy (non-hydrogen) atoms. The van der Waals surface area contributed by atoms with Gasteiger partial charge in [-0.1, -0.05) is 73.1 Å². The summed E-state index contributed by atoms with van der Waals surface area (Å²) in [7, 11) is 0. The molecule has 112 valence electrons. The van der Waals surface area contributed by atoms with Crippen molar-refractivity contribution in [3.8, 4) is 0 Å². The van der Waals surface area contributed by atoms with Crippen molar-refractivity contribution < 1.29 is 8.78 Å². The maximum absolute atomic E-state index is 13.7. The van der Waals surface area contributed by atoms with Crippen LogP contribution in [0.1, 0.15) is 42.3 Å². The van der Waals surface area contributed by atoms with Gasteiger partial charge in [-0.15, -0.1) is 0 Å². The molecule has 3 heteroatoms. The van der Waals surface area contributed by atoms with Crippen molar-refractivity contribution in [2.24, 2.45) is 0 Å². The molecule has 1 unspecified atom stereocenters. The van der Waals surface area contributed by atoms with Gasteiger partial charge in [0.2, 0.25) is 0 Å². The summed E-state index contributed by atoms with van der Waals surface area (Å²) < 4.78 is 26.9. The third kappa shape index (κ3) is 3.91. The van der Waals surface area contributed by atoms with Crippen LogP contribution in [-0.2, 0) is 11.8 Å². The van der Waals surface area contributed by atoms with Crippen LogP contribution in [0.4, 0.5) is 8.78 Å². The van der Waals surface area contributed by atoms with E-state index < -0.39 is 11.6 Å².